The summed E-state index contributed by atoms with van der Waals surface area (Å²) in [5, 5.41) is 10.7. The second-order valence-electron chi connectivity index (χ2n) is 5.47. The van der Waals surface area contributed by atoms with Crippen molar-refractivity contribution in [3.63, 3.8) is 0 Å². The fourth-order valence-electron chi connectivity index (χ4n) is 2.83. The minimum absolute atomic E-state index is 0. The first kappa shape index (κ1) is 18.1. The predicted molar refractivity (Wildman–Crippen MR) is 91.8 cm³/mol. The van der Waals surface area contributed by atoms with E-state index in [2.05, 4.69) is 16.1 Å². The number of halogens is 2. The summed E-state index contributed by atoms with van der Waals surface area (Å²) in [5.74, 6) is 0.331. The Morgan fingerprint density at radius 3 is 2.67 bits per heavy atom. The maximum atomic E-state index is 9.58. The predicted octanol–water partition coefficient (Wildman–Crippen LogP) is 2.68. The summed E-state index contributed by atoms with van der Waals surface area (Å²) in [6, 6.07) is 5.87. The molecule has 1 saturated heterocycles. The Kier molecular flexibility index (Phi) is 6.81. The minimum atomic E-state index is 0. The average molecular weight is 332 g/mol. The van der Waals surface area contributed by atoms with E-state index in [1.54, 1.807) is 6.07 Å². The molecule has 0 aliphatic carbocycles. The smallest absolute Gasteiger partial charge is 0.116 e. The number of hydrogen-bond donors (Lipinski definition) is 3. The van der Waals surface area contributed by atoms with Crippen LogP contribution < -0.4 is 5.73 Å². The normalized spacial score (nSPS) is 16.4. The van der Waals surface area contributed by atoms with Crippen LogP contribution in [0.5, 0.6) is 5.75 Å². The van der Waals surface area contributed by atoms with Crippen molar-refractivity contribution in [2.45, 2.75) is 25.3 Å². The molecule has 0 atom stereocenters. The molecule has 4 nitrogen and oxygen atoms in total. The van der Waals surface area contributed by atoms with Crippen molar-refractivity contribution < 1.29 is 5.11 Å². The maximum Gasteiger partial charge on any atom is 0.116 e. The van der Waals surface area contributed by atoms with E-state index in [-0.39, 0.29) is 24.8 Å². The van der Waals surface area contributed by atoms with Crippen LogP contribution in [0.4, 0.5) is 0 Å². The highest BCUT2D eigenvalue weighted by Gasteiger charge is 2.16. The summed E-state index contributed by atoms with van der Waals surface area (Å²) >= 11 is 0. The molecule has 0 amide bonds. The molecule has 3 rings (SSSR count). The molecule has 2 aromatic rings. The molecule has 0 unspecified atom stereocenters. The van der Waals surface area contributed by atoms with Crippen molar-refractivity contribution >= 4 is 35.7 Å². The van der Waals surface area contributed by atoms with Gasteiger partial charge in [-0.2, -0.15) is 0 Å². The molecule has 1 fully saturated rings. The number of aromatic nitrogens is 1. The highest BCUT2D eigenvalue weighted by Crippen LogP contribution is 2.23. The number of benzene rings is 1. The number of fused-ring (bicyclic) bond motifs is 1. The number of nitrogens with two attached hydrogens (primary N) is 1. The zero-order valence-electron chi connectivity index (χ0n) is 11.9. The van der Waals surface area contributed by atoms with Gasteiger partial charge in [0.15, 0.2) is 0 Å². The molecule has 2 heterocycles. The highest BCUT2D eigenvalue weighted by molar-refractivity contribution is 5.86. The summed E-state index contributed by atoms with van der Waals surface area (Å²) in [6.45, 7) is 3.28. The van der Waals surface area contributed by atoms with Crippen LogP contribution >= 0.6 is 24.8 Å². The van der Waals surface area contributed by atoms with Crippen LogP contribution in [-0.4, -0.2) is 40.7 Å². The Morgan fingerprint density at radius 1 is 1.24 bits per heavy atom. The van der Waals surface area contributed by atoms with E-state index in [9.17, 15) is 5.11 Å². The van der Waals surface area contributed by atoms with Crippen molar-refractivity contribution in [1.82, 2.24) is 9.88 Å². The third-order valence-electron chi connectivity index (χ3n) is 4.08. The summed E-state index contributed by atoms with van der Waals surface area (Å²) in [7, 11) is 0. The van der Waals surface area contributed by atoms with E-state index in [1.807, 2.05) is 12.1 Å². The number of rotatable bonds is 3. The topological polar surface area (TPSA) is 65.3 Å². The molecule has 21 heavy (non-hydrogen) atoms. The molecule has 6 heteroatoms. The largest absolute Gasteiger partial charge is 0.508 e. The SMILES string of the molecule is Cl.Cl.NC1CCN(CCc2c[nH]c3ccc(O)cc23)CC1. The van der Waals surface area contributed by atoms with Crippen molar-refractivity contribution in [3.05, 3.63) is 30.0 Å². The summed E-state index contributed by atoms with van der Waals surface area (Å²) in [6.07, 6.45) is 5.28. The number of piperidine rings is 1. The van der Waals surface area contributed by atoms with E-state index in [0.717, 1.165) is 49.8 Å². The van der Waals surface area contributed by atoms with Gasteiger partial charge in [-0.1, -0.05) is 0 Å². The number of phenols is 1. The van der Waals surface area contributed by atoms with Crippen LogP contribution in [0.25, 0.3) is 10.9 Å². The molecule has 0 saturated carbocycles. The standard InChI is InChI=1S/C15H21N3O.2ClH/c16-12-4-7-18(8-5-12)6-3-11-10-17-15-2-1-13(19)9-14(11)15;;/h1-2,9-10,12,17,19H,3-8,16H2;2*1H. The lowest BCUT2D eigenvalue weighted by atomic mass is 10.0. The monoisotopic (exact) mass is 331 g/mol. The maximum absolute atomic E-state index is 9.58. The van der Waals surface area contributed by atoms with Gasteiger partial charge in [-0.3, -0.25) is 0 Å². The molecule has 0 bridgehead atoms. The third kappa shape index (κ3) is 4.27. The number of H-pyrrole nitrogens is 1. The van der Waals surface area contributed by atoms with Crippen LogP contribution in [0.3, 0.4) is 0 Å². The van der Waals surface area contributed by atoms with Gasteiger partial charge in [0, 0.05) is 29.7 Å². The van der Waals surface area contributed by atoms with E-state index in [0.29, 0.717) is 11.8 Å². The lowest BCUT2D eigenvalue weighted by Crippen LogP contribution is -2.40. The summed E-state index contributed by atoms with van der Waals surface area (Å²) in [4.78, 5) is 5.74. The molecule has 0 spiro atoms. The fraction of sp³-hybridized carbons (Fsp3) is 0.467. The van der Waals surface area contributed by atoms with E-state index >= 15 is 0 Å². The Hall–Kier alpha value is -0.940. The van der Waals surface area contributed by atoms with Crippen molar-refractivity contribution in [1.29, 1.82) is 0 Å². The fourth-order valence-corrected chi connectivity index (χ4v) is 2.83. The first-order valence-electron chi connectivity index (χ1n) is 6.99. The summed E-state index contributed by atoms with van der Waals surface area (Å²) < 4.78 is 0. The highest BCUT2D eigenvalue weighted by atomic mass is 35.5. The molecule has 1 aromatic heterocycles. The van der Waals surface area contributed by atoms with Crippen molar-refractivity contribution in [2.75, 3.05) is 19.6 Å². The number of phenolic OH excluding ortho intramolecular Hbond substituents is 1. The van der Waals surface area contributed by atoms with Gasteiger partial charge >= 0.3 is 0 Å². The van der Waals surface area contributed by atoms with Gasteiger partial charge in [-0.25, -0.2) is 0 Å². The van der Waals surface area contributed by atoms with Crippen LogP contribution in [0.15, 0.2) is 24.4 Å². The first-order chi connectivity index (χ1) is 9.22. The lowest BCUT2D eigenvalue weighted by molar-refractivity contribution is 0.216. The Morgan fingerprint density at radius 2 is 1.95 bits per heavy atom. The molecule has 1 aromatic carbocycles. The minimum Gasteiger partial charge on any atom is -0.508 e. The van der Waals surface area contributed by atoms with Gasteiger partial charge in [0.05, 0.1) is 0 Å². The Bertz CT molecular complexity index is 565. The molecule has 1 aliphatic rings. The molecular weight excluding hydrogens is 309 g/mol. The number of aromatic hydroxyl groups is 1. The molecular formula is C15H23Cl2N3O. The van der Waals surface area contributed by atoms with Crippen LogP contribution in [0.1, 0.15) is 18.4 Å². The van der Waals surface area contributed by atoms with Gasteiger partial charge in [0.2, 0.25) is 0 Å². The zero-order chi connectivity index (χ0) is 13.2. The quantitative estimate of drug-likeness (QED) is 0.810. The van der Waals surface area contributed by atoms with Gasteiger partial charge < -0.3 is 20.7 Å². The van der Waals surface area contributed by atoms with Crippen molar-refractivity contribution in [3.8, 4) is 5.75 Å². The molecule has 118 valence electrons. The zero-order valence-corrected chi connectivity index (χ0v) is 13.6. The third-order valence-corrected chi connectivity index (χ3v) is 4.08. The average Bonchev–Trinajstić information content (AvgIpc) is 2.80. The number of aromatic amines is 1. The second kappa shape index (κ2) is 7.90. The van der Waals surface area contributed by atoms with Crippen LogP contribution in [0.2, 0.25) is 0 Å². The first-order valence-corrected chi connectivity index (χ1v) is 6.99. The van der Waals surface area contributed by atoms with Gasteiger partial charge in [0.1, 0.15) is 5.75 Å². The van der Waals surface area contributed by atoms with Gasteiger partial charge in [-0.05, 0) is 56.1 Å². The van der Waals surface area contributed by atoms with Gasteiger partial charge in [-0.15, -0.1) is 24.8 Å². The summed E-state index contributed by atoms with van der Waals surface area (Å²) in [5.41, 5.74) is 8.29. The number of hydrogen-bond acceptors (Lipinski definition) is 3. The van der Waals surface area contributed by atoms with Crippen LogP contribution in [0, 0.1) is 0 Å². The number of likely N-dealkylation sites (tertiary alicyclic amines) is 1. The lowest BCUT2D eigenvalue weighted by Gasteiger charge is -2.29. The van der Waals surface area contributed by atoms with Crippen LogP contribution in [-0.2, 0) is 6.42 Å². The van der Waals surface area contributed by atoms with E-state index in [4.69, 9.17) is 5.73 Å². The Balaban J connectivity index is 0.00000110. The molecule has 0 radical (unpaired) electrons. The van der Waals surface area contributed by atoms with Crippen molar-refractivity contribution in [2.24, 2.45) is 5.73 Å². The second-order valence-corrected chi connectivity index (χ2v) is 5.47. The molecule has 4 N–H and O–H groups in total. The van der Waals surface area contributed by atoms with Gasteiger partial charge in [0.25, 0.3) is 0 Å². The Labute approximate surface area is 137 Å². The number of nitrogens with zero attached hydrogens (tertiary/aromatic N) is 1. The van der Waals surface area contributed by atoms with E-state index < -0.39 is 0 Å². The van der Waals surface area contributed by atoms with E-state index in [1.165, 1.54) is 5.56 Å². The molecule has 1 aliphatic heterocycles. The number of nitrogens with one attached hydrogen (secondary N) is 1.